The van der Waals surface area contributed by atoms with Crippen LogP contribution in [0.1, 0.15) is 27.2 Å². The Balaban J connectivity index is 1.88. The summed E-state index contributed by atoms with van der Waals surface area (Å²) in [5.74, 6) is -2.12. The molecule has 0 spiro atoms. The minimum atomic E-state index is -1.29. The van der Waals surface area contributed by atoms with E-state index in [0.717, 1.165) is 0 Å². The topological polar surface area (TPSA) is 101 Å². The number of rotatable bonds is 2. The molecule has 2 heterocycles. The molecule has 0 unspecified atom stereocenters. The maximum absolute atomic E-state index is 12.2. The molecular weight excluding hydrogens is 332 g/mol. The average Bonchev–Trinajstić information content (AvgIpc) is 3.09. The second-order valence-corrected chi connectivity index (χ2v) is 7.55. The first-order valence-corrected chi connectivity index (χ1v) is 8.14. The van der Waals surface area contributed by atoms with Gasteiger partial charge in [-0.15, -0.1) is 0 Å². The fourth-order valence-corrected chi connectivity index (χ4v) is 4.83. The fourth-order valence-electron chi connectivity index (χ4n) is 4.83. The second kappa shape index (κ2) is 4.91. The lowest BCUT2D eigenvalue weighted by molar-refractivity contribution is -0.413. The zero-order valence-corrected chi connectivity index (χ0v) is 14.2. The van der Waals surface area contributed by atoms with Crippen LogP contribution in [-0.2, 0) is 33.7 Å². The molecule has 8 heteroatoms. The monoisotopic (exact) mass is 352 g/mol. The van der Waals surface area contributed by atoms with Crippen molar-refractivity contribution in [1.29, 1.82) is 0 Å². The van der Waals surface area contributed by atoms with Crippen LogP contribution in [0.2, 0.25) is 0 Å². The largest absolute Gasteiger partial charge is 0.462 e. The highest BCUT2D eigenvalue weighted by atomic mass is 17.2. The van der Waals surface area contributed by atoms with Crippen LogP contribution in [0.4, 0.5) is 0 Å². The smallest absolute Gasteiger partial charge is 0.334 e. The van der Waals surface area contributed by atoms with Crippen molar-refractivity contribution in [2.75, 3.05) is 0 Å². The normalized spacial score (nSPS) is 50.2. The molecule has 8 nitrogen and oxygen atoms in total. The Hall–Kier alpha value is -1.74. The molecule has 2 aliphatic heterocycles. The van der Waals surface area contributed by atoms with Gasteiger partial charge < -0.3 is 9.47 Å². The molecule has 25 heavy (non-hydrogen) atoms. The van der Waals surface area contributed by atoms with Gasteiger partial charge in [0.2, 0.25) is 0 Å². The SMILES string of the molecule is C=C1C(=O)O[C@H]2[C@H]1[C@@H](OC(C)=O)C[C@](C)(OO)[C@@]13C=C[C@@](C)(OO1)[C@H]23. The van der Waals surface area contributed by atoms with Crippen LogP contribution < -0.4 is 0 Å². The van der Waals surface area contributed by atoms with Gasteiger partial charge in [0.05, 0.1) is 11.8 Å². The van der Waals surface area contributed by atoms with Crippen molar-refractivity contribution >= 4 is 11.9 Å². The van der Waals surface area contributed by atoms with Crippen LogP contribution in [0.15, 0.2) is 24.3 Å². The van der Waals surface area contributed by atoms with E-state index in [1.54, 1.807) is 19.9 Å². The number of ether oxygens (including phenoxy) is 2. The van der Waals surface area contributed by atoms with E-state index < -0.39 is 52.8 Å². The highest BCUT2D eigenvalue weighted by Gasteiger charge is 2.76. The summed E-state index contributed by atoms with van der Waals surface area (Å²) in [5.41, 5.74) is -3.14. The first kappa shape index (κ1) is 16.7. The highest BCUT2D eigenvalue weighted by Crippen LogP contribution is 2.62. The Kier molecular flexibility index (Phi) is 3.28. The molecule has 0 aromatic heterocycles. The first-order chi connectivity index (χ1) is 11.7. The third-order valence-corrected chi connectivity index (χ3v) is 6.03. The third kappa shape index (κ3) is 1.90. The average molecular weight is 352 g/mol. The van der Waals surface area contributed by atoms with E-state index in [1.165, 1.54) is 6.92 Å². The van der Waals surface area contributed by atoms with Crippen LogP contribution in [0.5, 0.6) is 0 Å². The molecule has 1 N–H and O–H groups in total. The molecule has 0 radical (unpaired) electrons. The molecule has 0 amide bonds. The first-order valence-electron chi connectivity index (χ1n) is 8.14. The summed E-state index contributed by atoms with van der Waals surface area (Å²) in [5, 5.41) is 9.71. The maximum Gasteiger partial charge on any atom is 0.334 e. The number of esters is 2. The molecule has 2 bridgehead atoms. The van der Waals surface area contributed by atoms with E-state index >= 15 is 0 Å². The number of hydrogen-bond acceptors (Lipinski definition) is 8. The molecule has 7 atom stereocenters. The number of fused-ring (bicyclic) bond motifs is 1. The molecule has 1 saturated carbocycles. The van der Waals surface area contributed by atoms with Crippen LogP contribution in [0.3, 0.4) is 0 Å². The summed E-state index contributed by atoms with van der Waals surface area (Å²) >= 11 is 0. The van der Waals surface area contributed by atoms with Gasteiger partial charge in [-0.2, -0.15) is 0 Å². The van der Waals surface area contributed by atoms with Crippen LogP contribution in [0, 0.1) is 11.8 Å². The van der Waals surface area contributed by atoms with E-state index in [1.807, 2.05) is 6.08 Å². The quantitative estimate of drug-likeness (QED) is 0.261. The zero-order chi connectivity index (χ0) is 18.2. The van der Waals surface area contributed by atoms with E-state index in [-0.39, 0.29) is 12.0 Å². The summed E-state index contributed by atoms with van der Waals surface area (Å²) in [6.07, 6.45) is 2.19. The van der Waals surface area contributed by atoms with E-state index in [4.69, 9.17) is 24.1 Å². The molecule has 0 aromatic rings. The van der Waals surface area contributed by atoms with Crippen molar-refractivity contribution in [2.24, 2.45) is 11.8 Å². The summed E-state index contributed by atoms with van der Waals surface area (Å²) in [6, 6.07) is 0. The molecule has 2 saturated heterocycles. The second-order valence-electron chi connectivity index (χ2n) is 7.55. The Bertz CT molecular complexity index is 701. The molecule has 4 aliphatic rings. The van der Waals surface area contributed by atoms with E-state index in [2.05, 4.69) is 6.58 Å². The van der Waals surface area contributed by atoms with Gasteiger partial charge in [-0.3, -0.25) is 10.1 Å². The minimum Gasteiger partial charge on any atom is -0.462 e. The van der Waals surface area contributed by atoms with Gasteiger partial charge in [-0.25, -0.2) is 19.5 Å². The van der Waals surface area contributed by atoms with Gasteiger partial charge >= 0.3 is 11.9 Å². The lowest BCUT2D eigenvalue weighted by atomic mass is 9.71. The molecule has 3 fully saturated rings. The molecular formula is C17H20O8. The van der Waals surface area contributed by atoms with Crippen molar-refractivity contribution in [3.8, 4) is 0 Å². The predicted molar refractivity (Wildman–Crippen MR) is 80.7 cm³/mol. The van der Waals surface area contributed by atoms with E-state index in [9.17, 15) is 14.8 Å². The Morgan fingerprint density at radius 3 is 2.64 bits per heavy atom. The molecule has 2 aliphatic carbocycles. The van der Waals surface area contributed by atoms with Crippen LogP contribution >= 0.6 is 0 Å². The summed E-state index contributed by atoms with van der Waals surface area (Å²) in [7, 11) is 0. The van der Waals surface area contributed by atoms with Crippen molar-refractivity contribution in [3.05, 3.63) is 24.3 Å². The Morgan fingerprint density at radius 1 is 1.36 bits per heavy atom. The Morgan fingerprint density at radius 2 is 2.08 bits per heavy atom. The lowest BCUT2D eigenvalue weighted by Crippen LogP contribution is -2.57. The Labute approximate surface area is 144 Å². The highest BCUT2D eigenvalue weighted by molar-refractivity contribution is 5.91. The standard InChI is InChI=1S/C17H20O8/c1-8-11-10(21-9(2)18)7-16(4,23-20)17-6-5-15(3,24-25-17)13(17)12(11)22-14(8)19/h5-6,10-13,20H,1,7H2,2-4H3/t10-,11+,12-,13-,15+,16-,17-/m0/s1. The summed E-state index contributed by atoms with van der Waals surface area (Å²) in [6.45, 7) is 8.56. The molecule has 0 aromatic carbocycles. The van der Waals surface area contributed by atoms with Gasteiger partial charge in [-0.05, 0) is 19.9 Å². The summed E-state index contributed by atoms with van der Waals surface area (Å²) in [4.78, 5) is 39.8. The number of carbonyl (C=O) groups is 2. The van der Waals surface area contributed by atoms with Gasteiger partial charge in [0.15, 0.2) is 5.60 Å². The summed E-state index contributed by atoms with van der Waals surface area (Å²) < 4.78 is 11.1. The van der Waals surface area contributed by atoms with Crippen LogP contribution in [0.25, 0.3) is 0 Å². The van der Waals surface area contributed by atoms with Gasteiger partial charge in [0.1, 0.15) is 23.4 Å². The predicted octanol–water partition coefficient (Wildman–Crippen LogP) is 1.31. The lowest BCUT2D eigenvalue weighted by Gasteiger charge is -2.41. The molecule has 4 rings (SSSR count). The van der Waals surface area contributed by atoms with Crippen molar-refractivity contribution < 1.29 is 39.0 Å². The minimum absolute atomic E-state index is 0.0696. The van der Waals surface area contributed by atoms with Crippen LogP contribution in [-0.4, -0.2) is 46.2 Å². The number of carbonyl (C=O) groups excluding carboxylic acids is 2. The van der Waals surface area contributed by atoms with Gasteiger partial charge in [0.25, 0.3) is 0 Å². The zero-order valence-electron chi connectivity index (χ0n) is 14.2. The maximum atomic E-state index is 12.2. The van der Waals surface area contributed by atoms with Crippen molar-refractivity contribution in [3.63, 3.8) is 0 Å². The van der Waals surface area contributed by atoms with Crippen molar-refractivity contribution in [1.82, 2.24) is 0 Å². The number of hydrogen-bond donors (Lipinski definition) is 1. The van der Waals surface area contributed by atoms with Gasteiger partial charge in [-0.1, -0.05) is 12.7 Å². The fraction of sp³-hybridized carbons (Fsp3) is 0.647. The molecule has 136 valence electrons. The van der Waals surface area contributed by atoms with Crippen molar-refractivity contribution in [2.45, 2.75) is 56.2 Å². The van der Waals surface area contributed by atoms with Gasteiger partial charge in [0, 0.05) is 18.9 Å². The third-order valence-electron chi connectivity index (χ3n) is 6.03. The van der Waals surface area contributed by atoms with E-state index in [0.29, 0.717) is 0 Å².